The molecule has 0 radical (unpaired) electrons. The highest BCUT2D eigenvalue weighted by Gasteiger charge is 2.08. The van der Waals surface area contributed by atoms with E-state index in [2.05, 4.69) is 20.8 Å². The van der Waals surface area contributed by atoms with Crippen molar-refractivity contribution in [2.45, 2.75) is 110 Å². The van der Waals surface area contributed by atoms with Crippen molar-refractivity contribution in [1.82, 2.24) is 0 Å². The molecule has 0 saturated heterocycles. The van der Waals surface area contributed by atoms with Crippen LogP contribution in [-0.4, -0.2) is 13.4 Å². The number of hydrogen-bond donors (Lipinski definition) is 1. The van der Waals surface area contributed by atoms with Gasteiger partial charge in [0.25, 0.3) is 0 Å². The van der Waals surface area contributed by atoms with Crippen molar-refractivity contribution in [2.75, 3.05) is 0 Å². The second-order valence-electron chi connectivity index (χ2n) is 6.85. The third-order valence-corrected chi connectivity index (χ3v) is 3.67. The normalized spacial score (nSPS) is 10.6. The van der Waals surface area contributed by atoms with Gasteiger partial charge in [0.2, 0.25) is 7.85 Å². The SMILES string of the molecule is BC#N.CCCCCCCCCCCCCCC(C)(C)N. The predicted molar refractivity (Wildman–Crippen MR) is 98.1 cm³/mol. The van der Waals surface area contributed by atoms with E-state index in [0.29, 0.717) is 0 Å². The molecule has 0 heterocycles. The second kappa shape index (κ2) is 17.6. The Bertz CT molecular complexity index is 228. The Balaban J connectivity index is 0. The summed E-state index contributed by atoms with van der Waals surface area (Å²) >= 11 is 0. The van der Waals surface area contributed by atoms with E-state index in [4.69, 9.17) is 11.0 Å². The summed E-state index contributed by atoms with van der Waals surface area (Å²) in [5.74, 6) is 1.75. The molecule has 0 aliphatic carbocycles. The fourth-order valence-corrected chi connectivity index (χ4v) is 2.42. The molecule has 0 aromatic rings. The Morgan fingerprint density at radius 1 is 0.810 bits per heavy atom. The lowest BCUT2D eigenvalue weighted by Gasteiger charge is -2.17. The van der Waals surface area contributed by atoms with E-state index in [0.717, 1.165) is 0 Å². The van der Waals surface area contributed by atoms with Gasteiger partial charge in [0.05, 0.1) is 0 Å². The topological polar surface area (TPSA) is 49.8 Å². The smallest absolute Gasteiger partial charge is 0.232 e. The maximum atomic E-state index is 7.32. The summed E-state index contributed by atoms with van der Waals surface area (Å²) in [6.07, 6.45) is 18.2. The average molecular weight is 294 g/mol. The summed E-state index contributed by atoms with van der Waals surface area (Å²) in [5.41, 5.74) is 6.01. The number of hydrogen-bond acceptors (Lipinski definition) is 2. The van der Waals surface area contributed by atoms with Crippen molar-refractivity contribution in [1.29, 1.82) is 5.26 Å². The first-order chi connectivity index (χ1) is 9.97. The highest BCUT2D eigenvalue weighted by Crippen LogP contribution is 2.14. The first-order valence-corrected chi connectivity index (χ1v) is 9.07. The molecule has 0 atom stereocenters. The van der Waals surface area contributed by atoms with Gasteiger partial charge < -0.3 is 5.73 Å². The lowest BCUT2D eigenvalue weighted by molar-refractivity contribution is 0.440. The summed E-state index contributed by atoms with van der Waals surface area (Å²) in [5, 5.41) is 7.32. The Morgan fingerprint density at radius 2 is 1.10 bits per heavy atom. The molecule has 0 amide bonds. The van der Waals surface area contributed by atoms with Crippen LogP contribution in [0.25, 0.3) is 0 Å². The van der Waals surface area contributed by atoms with Gasteiger partial charge in [-0.3, -0.25) is 0 Å². The van der Waals surface area contributed by atoms with Crippen LogP contribution >= 0.6 is 0 Å². The lowest BCUT2D eigenvalue weighted by atomic mass is 9.97. The number of rotatable bonds is 13. The van der Waals surface area contributed by atoms with Crippen LogP contribution in [0.4, 0.5) is 0 Å². The van der Waals surface area contributed by atoms with Gasteiger partial charge in [-0.2, -0.15) is 0 Å². The van der Waals surface area contributed by atoms with Gasteiger partial charge in [-0.05, 0) is 26.2 Å². The van der Waals surface area contributed by atoms with Crippen LogP contribution in [-0.2, 0) is 0 Å². The molecule has 0 unspecified atom stereocenters. The van der Waals surface area contributed by atoms with Crippen LogP contribution < -0.4 is 5.73 Å². The van der Waals surface area contributed by atoms with E-state index in [1.165, 1.54) is 91.3 Å². The van der Waals surface area contributed by atoms with Crippen molar-refractivity contribution in [3.05, 3.63) is 0 Å². The molecular formula is C18H39BN2. The van der Waals surface area contributed by atoms with Crippen LogP contribution in [0.1, 0.15) is 104 Å². The van der Waals surface area contributed by atoms with E-state index in [9.17, 15) is 0 Å². The fourth-order valence-electron chi connectivity index (χ4n) is 2.42. The molecule has 0 bridgehead atoms. The third kappa shape index (κ3) is 28.4. The van der Waals surface area contributed by atoms with Crippen molar-refractivity contribution in [2.24, 2.45) is 5.73 Å². The Hall–Kier alpha value is -0.485. The van der Waals surface area contributed by atoms with E-state index >= 15 is 0 Å². The molecule has 124 valence electrons. The monoisotopic (exact) mass is 294 g/mol. The molecular weight excluding hydrogens is 255 g/mol. The highest BCUT2D eigenvalue weighted by atomic mass is 14.7. The van der Waals surface area contributed by atoms with Crippen LogP contribution in [0.2, 0.25) is 0 Å². The minimum absolute atomic E-state index is 0.0402. The first kappa shape index (κ1) is 22.8. The van der Waals surface area contributed by atoms with Crippen LogP contribution in [0.5, 0.6) is 0 Å². The molecule has 0 aromatic carbocycles. The van der Waals surface area contributed by atoms with Gasteiger partial charge in [0.15, 0.2) is 0 Å². The van der Waals surface area contributed by atoms with Gasteiger partial charge in [0, 0.05) is 5.54 Å². The molecule has 0 aromatic heterocycles. The molecule has 0 saturated carbocycles. The highest BCUT2D eigenvalue weighted by molar-refractivity contribution is 6.20. The van der Waals surface area contributed by atoms with Gasteiger partial charge in [-0.25, -0.2) is 5.26 Å². The Kier molecular flexibility index (Phi) is 19.1. The number of unbranched alkanes of at least 4 members (excludes halogenated alkanes) is 11. The molecule has 0 fully saturated rings. The minimum atomic E-state index is 0.0402. The molecule has 0 spiro atoms. The number of nitriles is 1. The standard InChI is InChI=1S/C17H37N.CH2BN/c1-4-5-6-7-8-9-10-11-12-13-14-15-16-17(2,3)18;2-1-3/h4-16,18H2,1-3H3;2H2. The molecule has 2 nitrogen and oxygen atoms in total. The van der Waals surface area contributed by atoms with E-state index in [-0.39, 0.29) is 5.54 Å². The second-order valence-corrected chi connectivity index (χ2v) is 6.85. The Morgan fingerprint density at radius 3 is 1.38 bits per heavy atom. The lowest BCUT2D eigenvalue weighted by Crippen LogP contribution is -2.31. The van der Waals surface area contributed by atoms with Crippen LogP contribution in [0.3, 0.4) is 0 Å². The van der Waals surface area contributed by atoms with E-state index in [1.807, 2.05) is 0 Å². The third-order valence-electron chi connectivity index (χ3n) is 3.67. The van der Waals surface area contributed by atoms with Crippen molar-refractivity contribution >= 4 is 7.85 Å². The number of nitrogens with two attached hydrogens (primary N) is 1. The van der Waals surface area contributed by atoms with Crippen molar-refractivity contribution < 1.29 is 0 Å². The summed E-state index contributed by atoms with van der Waals surface area (Å²) in [6, 6.07) is 0. The van der Waals surface area contributed by atoms with E-state index < -0.39 is 0 Å². The molecule has 21 heavy (non-hydrogen) atoms. The molecule has 3 heteroatoms. The average Bonchev–Trinajstić information content (AvgIpc) is 2.40. The zero-order chi connectivity index (χ0) is 16.4. The maximum absolute atomic E-state index is 7.32. The molecule has 2 N–H and O–H groups in total. The summed E-state index contributed by atoms with van der Waals surface area (Å²) in [4.78, 5) is 0. The summed E-state index contributed by atoms with van der Waals surface area (Å²) < 4.78 is 0. The molecule has 0 rings (SSSR count). The summed E-state index contributed by atoms with van der Waals surface area (Å²) in [7, 11) is 1.43. The zero-order valence-corrected chi connectivity index (χ0v) is 15.2. The van der Waals surface area contributed by atoms with Crippen LogP contribution in [0, 0.1) is 11.2 Å². The predicted octanol–water partition coefficient (Wildman–Crippen LogP) is 4.92. The van der Waals surface area contributed by atoms with Crippen LogP contribution in [0.15, 0.2) is 0 Å². The number of nitrogens with zero attached hydrogens (tertiary/aromatic N) is 1. The fraction of sp³-hybridized carbons (Fsp3) is 0.944. The van der Waals surface area contributed by atoms with Gasteiger partial charge in [-0.1, -0.05) is 84.0 Å². The van der Waals surface area contributed by atoms with Gasteiger partial charge in [0.1, 0.15) is 0 Å². The summed E-state index contributed by atoms with van der Waals surface area (Å²) in [6.45, 7) is 6.54. The minimum Gasteiger partial charge on any atom is -0.326 e. The molecule has 0 aliphatic rings. The first-order valence-electron chi connectivity index (χ1n) is 9.07. The van der Waals surface area contributed by atoms with Crippen molar-refractivity contribution in [3.63, 3.8) is 0 Å². The van der Waals surface area contributed by atoms with Gasteiger partial charge in [-0.15, -0.1) is 0 Å². The van der Waals surface area contributed by atoms with Crippen molar-refractivity contribution in [3.8, 4) is 5.97 Å². The maximum Gasteiger partial charge on any atom is 0.232 e. The zero-order valence-electron chi connectivity index (χ0n) is 15.2. The largest absolute Gasteiger partial charge is 0.326 e. The molecule has 0 aliphatic heterocycles. The van der Waals surface area contributed by atoms with Gasteiger partial charge >= 0.3 is 0 Å². The Labute approximate surface area is 135 Å². The van der Waals surface area contributed by atoms with E-state index in [1.54, 1.807) is 5.97 Å². The quantitative estimate of drug-likeness (QED) is 0.387.